The molecule has 86 valence electrons. The van der Waals surface area contributed by atoms with Crippen molar-refractivity contribution in [2.75, 3.05) is 0 Å². The molecule has 0 spiro atoms. The molecule has 0 aliphatic heterocycles. The Bertz CT molecular complexity index is 705. The number of hydrogen-bond donors (Lipinski definition) is 1. The van der Waals surface area contributed by atoms with Crippen LogP contribution >= 0.6 is 22.9 Å². The van der Waals surface area contributed by atoms with Crippen LogP contribution in [0.25, 0.3) is 21.7 Å². The number of nitrogens with zero attached hydrogens (tertiary/aromatic N) is 1. The lowest BCUT2D eigenvalue weighted by Gasteiger charge is -1.91. The highest BCUT2D eigenvalue weighted by atomic mass is 35.5. The van der Waals surface area contributed by atoms with Crippen molar-refractivity contribution >= 4 is 34.0 Å². The molecule has 0 aliphatic carbocycles. The summed E-state index contributed by atoms with van der Waals surface area (Å²) in [6.45, 7) is 0. The SMILES string of the molecule is Fc1ccc2[nH]c(-c3ccc(Cl)s3)nc2c1F. The van der Waals surface area contributed by atoms with Crippen molar-refractivity contribution in [1.82, 2.24) is 9.97 Å². The van der Waals surface area contributed by atoms with E-state index in [4.69, 9.17) is 11.6 Å². The monoisotopic (exact) mass is 270 g/mol. The zero-order valence-electron chi connectivity index (χ0n) is 8.30. The Labute approximate surface area is 104 Å². The quantitative estimate of drug-likeness (QED) is 0.704. The number of hydrogen-bond acceptors (Lipinski definition) is 2. The van der Waals surface area contributed by atoms with Crippen LogP contribution in [0.3, 0.4) is 0 Å². The van der Waals surface area contributed by atoms with E-state index < -0.39 is 11.6 Å². The van der Waals surface area contributed by atoms with Crippen molar-refractivity contribution in [1.29, 1.82) is 0 Å². The van der Waals surface area contributed by atoms with Gasteiger partial charge in [0.15, 0.2) is 11.6 Å². The molecule has 2 nitrogen and oxygen atoms in total. The topological polar surface area (TPSA) is 28.7 Å². The smallest absolute Gasteiger partial charge is 0.186 e. The molecule has 0 saturated heterocycles. The third kappa shape index (κ3) is 1.71. The summed E-state index contributed by atoms with van der Waals surface area (Å²) in [5.41, 5.74) is 0.466. The van der Waals surface area contributed by atoms with Crippen molar-refractivity contribution in [2.45, 2.75) is 0 Å². The number of thiophene rings is 1. The van der Waals surface area contributed by atoms with E-state index in [2.05, 4.69) is 9.97 Å². The predicted octanol–water partition coefficient (Wildman–Crippen LogP) is 4.22. The minimum Gasteiger partial charge on any atom is -0.337 e. The molecule has 3 aromatic rings. The van der Waals surface area contributed by atoms with E-state index in [9.17, 15) is 8.78 Å². The third-order valence-corrected chi connectivity index (χ3v) is 3.59. The Morgan fingerprint density at radius 2 is 2.00 bits per heavy atom. The second-order valence-electron chi connectivity index (χ2n) is 3.45. The van der Waals surface area contributed by atoms with Gasteiger partial charge in [-0.1, -0.05) is 11.6 Å². The average Bonchev–Trinajstić information content (AvgIpc) is 2.90. The Balaban J connectivity index is 2.23. The summed E-state index contributed by atoms with van der Waals surface area (Å²) in [6, 6.07) is 6.03. The lowest BCUT2D eigenvalue weighted by atomic mass is 10.3. The van der Waals surface area contributed by atoms with E-state index in [0.717, 1.165) is 10.9 Å². The number of halogens is 3. The molecule has 0 unspecified atom stereocenters. The number of aromatic amines is 1. The lowest BCUT2D eigenvalue weighted by Crippen LogP contribution is -1.84. The van der Waals surface area contributed by atoms with Gasteiger partial charge in [0.1, 0.15) is 11.3 Å². The molecule has 17 heavy (non-hydrogen) atoms. The van der Waals surface area contributed by atoms with Crippen molar-refractivity contribution in [3.8, 4) is 10.7 Å². The van der Waals surface area contributed by atoms with Gasteiger partial charge in [-0.3, -0.25) is 0 Å². The highest BCUT2D eigenvalue weighted by Gasteiger charge is 2.13. The molecular formula is C11H5ClF2N2S. The van der Waals surface area contributed by atoms with Crippen molar-refractivity contribution in [3.05, 3.63) is 40.2 Å². The summed E-state index contributed by atoms with van der Waals surface area (Å²) in [5.74, 6) is -1.35. The fourth-order valence-electron chi connectivity index (χ4n) is 1.58. The van der Waals surface area contributed by atoms with Gasteiger partial charge in [-0.25, -0.2) is 13.8 Å². The van der Waals surface area contributed by atoms with Crippen LogP contribution in [0.5, 0.6) is 0 Å². The first kappa shape index (κ1) is 10.7. The van der Waals surface area contributed by atoms with Crippen LogP contribution in [0.15, 0.2) is 24.3 Å². The van der Waals surface area contributed by atoms with Gasteiger partial charge in [0.2, 0.25) is 0 Å². The summed E-state index contributed by atoms with van der Waals surface area (Å²) in [7, 11) is 0. The number of nitrogens with one attached hydrogen (secondary N) is 1. The molecular weight excluding hydrogens is 266 g/mol. The molecule has 3 rings (SSSR count). The molecule has 1 aromatic carbocycles. The van der Waals surface area contributed by atoms with E-state index >= 15 is 0 Å². The number of fused-ring (bicyclic) bond motifs is 1. The second-order valence-corrected chi connectivity index (χ2v) is 5.16. The fraction of sp³-hybridized carbons (Fsp3) is 0. The molecule has 0 saturated carbocycles. The van der Waals surface area contributed by atoms with E-state index in [1.54, 1.807) is 12.1 Å². The van der Waals surface area contributed by atoms with Gasteiger partial charge in [0.25, 0.3) is 0 Å². The van der Waals surface area contributed by atoms with Crippen LogP contribution in [0, 0.1) is 11.6 Å². The van der Waals surface area contributed by atoms with Crippen molar-refractivity contribution < 1.29 is 8.78 Å². The molecule has 0 amide bonds. The van der Waals surface area contributed by atoms with Crippen LogP contribution in [0.2, 0.25) is 4.34 Å². The normalized spacial score (nSPS) is 11.2. The van der Waals surface area contributed by atoms with Gasteiger partial charge in [-0.15, -0.1) is 11.3 Å². The van der Waals surface area contributed by atoms with Gasteiger partial charge in [-0.05, 0) is 24.3 Å². The van der Waals surface area contributed by atoms with Crippen LogP contribution in [-0.2, 0) is 0 Å². The summed E-state index contributed by atoms with van der Waals surface area (Å²) >= 11 is 7.13. The zero-order chi connectivity index (χ0) is 12.0. The van der Waals surface area contributed by atoms with Crippen LogP contribution in [0.4, 0.5) is 8.78 Å². The number of benzene rings is 1. The molecule has 0 bridgehead atoms. The zero-order valence-corrected chi connectivity index (χ0v) is 9.87. The van der Waals surface area contributed by atoms with Gasteiger partial charge >= 0.3 is 0 Å². The second kappa shape index (κ2) is 3.78. The Morgan fingerprint density at radius 1 is 1.18 bits per heavy atom. The third-order valence-electron chi connectivity index (χ3n) is 2.35. The summed E-state index contributed by atoms with van der Waals surface area (Å²) < 4.78 is 27.1. The minimum atomic E-state index is -0.937. The summed E-state index contributed by atoms with van der Waals surface area (Å²) in [5, 5.41) is 0. The maximum absolute atomic E-state index is 13.5. The molecule has 0 fully saturated rings. The first-order valence-electron chi connectivity index (χ1n) is 4.74. The van der Waals surface area contributed by atoms with Crippen molar-refractivity contribution in [2.24, 2.45) is 0 Å². The highest BCUT2D eigenvalue weighted by Crippen LogP contribution is 2.31. The first-order valence-corrected chi connectivity index (χ1v) is 5.94. The number of rotatable bonds is 1. The molecule has 0 aliphatic rings. The average molecular weight is 271 g/mol. The van der Waals surface area contributed by atoms with Gasteiger partial charge in [0.05, 0.1) is 14.7 Å². The van der Waals surface area contributed by atoms with Gasteiger partial charge < -0.3 is 4.98 Å². The van der Waals surface area contributed by atoms with Gasteiger partial charge in [0, 0.05) is 0 Å². The van der Waals surface area contributed by atoms with E-state index in [1.807, 2.05) is 0 Å². The fourth-order valence-corrected chi connectivity index (χ4v) is 2.56. The lowest BCUT2D eigenvalue weighted by molar-refractivity contribution is 0.515. The molecule has 0 radical (unpaired) electrons. The van der Waals surface area contributed by atoms with E-state index in [0.29, 0.717) is 15.7 Å². The Kier molecular flexibility index (Phi) is 2.38. The summed E-state index contributed by atoms with van der Waals surface area (Å²) in [4.78, 5) is 7.75. The Morgan fingerprint density at radius 3 is 2.71 bits per heavy atom. The van der Waals surface area contributed by atoms with Gasteiger partial charge in [-0.2, -0.15) is 0 Å². The van der Waals surface area contributed by atoms with Crippen LogP contribution < -0.4 is 0 Å². The number of aromatic nitrogens is 2. The highest BCUT2D eigenvalue weighted by molar-refractivity contribution is 7.19. The van der Waals surface area contributed by atoms with Crippen LogP contribution in [-0.4, -0.2) is 9.97 Å². The predicted molar refractivity (Wildman–Crippen MR) is 64.3 cm³/mol. The standard InChI is InChI=1S/C11H5ClF2N2S/c12-8-4-3-7(17-8)11-15-6-2-1-5(13)9(14)10(6)16-11/h1-4H,(H,15,16). The minimum absolute atomic E-state index is 0.00419. The number of H-pyrrole nitrogens is 1. The van der Waals surface area contributed by atoms with E-state index in [1.165, 1.54) is 17.4 Å². The Hall–Kier alpha value is -1.46. The first-order chi connectivity index (χ1) is 8.15. The molecule has 2 aromatic heterocycles. The molecule has 6 heteroatoms. The largest absolute Gasteiger partial charge is 0.337 e. The van der Waals surface area contributed by atoms with Crippen LogP contribution in [0.1, 0.15) is 0 Å². The molecule has 0 atom stereocenters. The van der Waals surface area contributed by atoms with E-state index in [-0.39, 0.29) is 5.52 Å². The molecule has 2 heterocycles. The summed E-state index contributed by atoms with van der Waals surface area (Å²) in [6.07, 6.45) is 0. The molecule has 1 N–H and O–H groups in total. The maximum Gasteiger partial charge on any atom is 0.186 e. The van der Waals surface area contributed by atoms with Crippen molar-refractivity contribution in [3.63, 3.8) is 0 Å². The number of imidazole rings is 1. The maximum atomic E-state index is 13.5.